The molecule has 0 aliphatic heterocycles. The molecule has 6 heteroatoms. The average Bonchev–Trinajstić information content (AvgIpc) is 2.63. The Morgan fingerprint density at radius 3 is 3.07 bits per heavy atom. The summed E-state index contributed by atoms with van der Waals surface area (Å²) >= 11 is 5.83. The third-order valence-electron chi connectivity index (χ3n) is 1.89. The molecule has 78 valence electrons. The molecule has 15 heavy (non-hydrogen) atoms. The van der Waals surface area contributed by atoms with Crippen molar-refractivity contribution in [1.82, 2.24) is 19.7 Å². The molecule has 0 aliphatic carbocycles. The van der Waals surface area contributed by atoms with Gasteiger partial charge in [0.15, 0.2) is 16.7 Å². The molecule has 0 aliphatic rings. The summed E-state index contributed by atoms with van der Waals surface area (Å²) in [5.41, 5.74) is 0. The predicted octanol–water partition coefficient (Wildman–Crippen LogP) is 1.44. The van der Waals surface area contributed by atoms with Gasteiger partial charge < -0.3 is 9.30 Å². The van der Waals surface area contributed by atoms with Gasteiger partial charge >= 0.3 is 0 Å². The van der Waals surface area contributed by atoms with Crippen molar-refractivity contribution < 1.29 is 4.74 Å². The number of nitrogens with zero attached hydrogens (tertiary/aromatic N) is 4. The third kappa shape index (κ3) is 2.24. The van der Waals surface area contributed by atoms with Gasteiger partial charge in [-0.05, 0) is 12.1 Å². The maximum atomic E-state index is 5.83. The standard InChI is InChI=1S/C9H9ClN4O/c1-14-6-12-13-8(14)5-15-7-3-2-4-11-9(7)10/h2-4,6H,5H2,1H3. The van der Waals surface area contributed by atoms with Crippen LogP contribution >= 0.6 is 11.6 Å². The van der Waals surface area contributed by atoms with E-state index in [4.69, 9.17) is 16.3 Å². The topological polar surface area (TPSA) is 52.8 Å². The van der Waals surface area contributed by atoms with Gasteiger partial charge in [-0.25, -0.2) is 4.98 Å². The minimum Gasteiger partial charge on any atom is -0.482 e. The van der Waals surface area contributed by atoms with Crippen LogP contribution in [0.5, 0.6) is 5.75 Å². The van der Waals surface area contributed by atoms with E-state index in [1.54, 1.807) is 29.2 Å². The molecule has 0 bridgehead atoms. The molecule has 5 nitrogen and oxygen atoms in total. The van der Waals surface area contributed by atoms with Gasteiger partial charge in [0.2, 0.25) is 0 Å². The Bertz CT molecular complexity index is 457. The number of ether oxygens (including phenoxy) is 1. The largest absolute Gasteiger partial charge is 0.482 e. The van der Waals surface area contributed by atoms with Crippen molar-refractivity contribution in [2.75, 3.05) is 0 Å². The molecule has 0 spiro atoms. The number of hydrogen-bond acceptors (Lipinski definition) is 4. The molecule has 0 amide bonds. The minimum atomic E-state index is 0.321. The van der Waals surface area contributed by atoms with Crippen LogP contribution in [0, 0.1) is 0 Å². The molecule has 0 aromatic carbocycles. The second-order valence-electron chi connectivity index (χ2n) is 2.94. The van der Waals surface area contributed by atoms with Gasteiger partial charge in [0.05, 0.1) is 0 Å². The first-order chi connectivity index (χ1) is 7.27. The maximum Gasteiger partial charge on any atom is 0.171 e. The van der Waals surface area contributed by atoms with Crippen molar-refractivity contribution in [3.8, 4) is 5.75 Å². The van der Waals surface area contributed by atoms with Gasteiger partial charge in [-0.15, -0.1) is 10.2 Å². The Balaban J connectivity index is 2.06. The maximum absolute atomic E-state index is 5.83. The van der Waals surface area contributed by atoms with Crippen LogP contribution in [0.1, 0.15) is 5.82 Å². The summed E-state index contributed by atoms with van der Waals surface area (Å²) in [6, 6.07) is 3.52. The lowest BCUT2D eigenvalue weighted by Crippen LogP contribution is -2.03. The summed E-state index contributed by atoms with van der Waals surface area (Å²) in [5, 5.41) is 7.97. The Morgan fingerprint density at radius 2 is 2.40 bits per heavy atom. The SMILES string of the molecule is Cn1cnnc1COc1cccnc1Cl. The minimum absolute atomic E-state index is 0.321. The van der Waals surface area contributed by atoms with E-state index in [0.717, 1.165) is 5.82 Å². The fourth-order valence-corrected chi connectivity index (χ4v) is 1.23. The fraction of sp³-hybridized carbons (Fsp3) is 0.222. The third-order valence-corrected chi connectivity index (χ3v) is 2.17. The van der Waals surface area contributed by atoms with Gasteiger partial charge in [-0.3, -0.25) is 0 Å². The lowest BCUT2D eigenvalue weighted by Gasteiger charge is -2.05. The number of pyridine rings is 1. The van der Waals surface area contributed by atoms with Crippen LogP contribution in [0.25, 0.3) is 0 Å². The van der Waals surface area contributed by atoms with E-state index in [1.807, 2.05) is 7.05 Å². The van der Waals surface area contributed by atoms with E-state index in [2.05, 4.69) is 15.2 Å². The van der Waals surface area contributed by atoms with Crippen molar-refractivity contribution in [2.45, 2.75) is 6.61 Å². The Labute approximate surface area is 91.7 Å². The molecular formula is C9H9ClN4O. The molecule has 2 rings (SSSR count). The van der Waals surface area contributed by atoms with Crippen LogP contribution in [0.2, 0.25) is 5.15 Å². The molecule has 2 aromatic heterocycles. The van der Waals surface area contributed by atoms with E-state index < -0.39 is 0 Å². The van der Waals surface area contributed by atoms with Gasteiger partial charge in [0.1, 0.15) is 12.9 Å². The number of hydrogen-bond donors (Lipinski definition) is 0. The Hall–Kier alpha value is -1.62. The zero-order valence-electron chi connectivity index (χ0n) is 8.09. The summed E-state index contributed by atoms with van der Waals surface area (Å²) < 4.78 is 7.23. The predicted molar refractivity (Wildman–Crippen MR) is 54.6 cm³/mol. The highest BCUT2D eigenvalue weighted by atomic mass is 35.5. The van der Waals surface area contributed by atoms with Crippen molar-refractivity contribution in [2.24, 2.45) is 7.05 Å². The molecular weight excluding hydrogens is 216 g/mol. The van der Waals surface area contributed by atoms with E-state index >= 15 is 0 Å². The molecule has 0 N–H and O–H groups in total. The summed E-state index contributed by atoms with van der Waals surface area (Å²) in [5.74, 6) is 1.28. The van der Waals surface area contributed by atoms with Crippen molar-refractivity contribution in [3.05, 3.63) is 35.6 Å². The van der Waals surface area contributed by atoms with Crippen LogP contribution in [0.3, 0.4) is 0 Å². The quantitative estimate of drug-likeness (QED) is 0.741. The molecule has 0 saturated heterocycles. The molecule has 0 atom stereocenters. The van der Waals surface area contributed by atoms with Crippen molar-refractivity contribution in [3.63, 3.8) is 0 Å². The van der Waals surface area contributed by atoms with E-state index in [1.165, 1.54) is 0 Å². The van der Waals surface area contributed by atoms with Gasteiger partial charge in [-0.2, -0.15) is 0 Å². The smallest absolute Gasteiger partial charge is 0.171 e. The first-order valence-electron chi connectivity index (χ1n) is 4.33. The Kier molecular flexibility index (Phi) is 2.82. The van der Waals surface area contributed by atoms with Crippen LogP contribution in [-0.4, -0.2) is 19.7 Å². The summed E-state index contributed by atoms with van der Waals surface area (Å²) in [6.07, 6.45) is 3.22. The summed E-state index contributed by atoms with van der Waals surface area (Å²) in [7, 11) is 1.85. The highest BCUT2D eigenvalue weighted by molar-refractivity contribution is 6.30. The monoisotopic (exact) mass is 224 g/mol. The van der Waals surface area contributed by atoms with Gasteiger partial charge in [0.25, 0.3) is 0 Å². The first kappa shape index (κ1) is 9.92. The normalized spacial score (nSPS) is 10.3. The van der Waals surface area contributed by atoms with E-state index in [0.29, 0.717) is 17.5 Å². The number of aryl methyl sites for hydroxylation is 1. The molecule has 0 saturated carbocycles. The van der Waals surface area contributed by atoms with Crippen molar-refractivity contribution >= 4 is 11.6 Å². The second-order valence-corrected chi connectivity index (χ2v) is 3.30. The Morgan fingerprint density at radius 1 is 1.53 bits per heavy atom. The number of rotatable bonds is 3. The highest BCUT2D eigenvalue weighted by Crippen LogP contribution is 2.20. The van der Waals surface area contributed by atoms with E-state index in [9.17, 15) is 0 Å². The van der Waals surface area contributed by atoms with Crippen LogP contribution in [0.15, 0.2) is 24.7 Å². The van der Waals surface area contributed by atoms with E-state index in [-0.39, 0.29) is 0 Å². The lowest BCUT2D eigenvalue weighted by atomic mass is 10.4. The van der Waals surface area contributed by atoms with Crippen LogP contribution in [-0.2, 0) is 13.7 Å². The second kappa shape index (κ2) is 4.27. The lowest BCUT2D eigenvalue weighted by molar-refractivity contribution is 0.290. The zero-order chi connectivity index (χ0) is 10.7. The first-order valence-corrected chi connectivity index (χ1v) is 4.71. The number of halogens is 1. The average molecular weight is 225 g/mol. The fourth-order valence-electron chi connectivity index (χ4n) is 1.06. The zero-order valence-corrected chi connectivity index (χ0v) is 8.85. The molecule has 2 aromatic rings. The number of aromatic nitrogens is 4. The van der Waals surface area contributed by atoms with Crippen LogP contribution in [0.4, 0.5) is 0 Å². The van der Waals surface area contributed by atoms with Crippen molar-refractivity contribution in [1.29, 1.82) is 0 Å². The highest BCUT2D eigenvalue weighted by Gasteiger charge is 2.04. The summed E-state index contributed by atoms with van der Waals surface area (Å²) in [6.45, 7) is 0.321. The van der Waals surface area contributed by atoms with Crippen LogP contribution < -0.4 is 4.74 Å². The summed E-state index contributed by atoms with van der Waals surface area (Å²) in [4.78, 5) is 3.90. The molecule has 0 fully saturated rings. The molecule has 2 heterocycles. The van der Waals surface area contributed by atoms with Gasteiger partial charge in [0, 0.05) is 13.2 Å². The van der Waals surface area contributed by atoms with Gasteiger partial charge in [-0.1, -0.05) is 11.6 Å². The molecule has 0 unspecified atom stereocenters. The molecule has 0 radical (unpaired) electrons.